The highest BCUT2D eigenvalue weighted by Crippen LogP contribution is 2.40. The number of hydrogen-bond donors (Lipinski definition) is 2. The van der Waals surface area contributed by atoms with Crippen LogP contribution in [0.25, 0.3) is 0 Å². The van der Waals surface area contributed by atoms with Crippen molar-refractivity contribution in [1.82, 2.24) is 5.32 Å². The molecule has 3 nitrogen and oxygen atoms in total. The molecule has 2 fully saturated rings. The minimum absolute atomic E-state index is 0.191. The Labute approximate surface area is 111 Å². The Bertz CT molecular complexity index is 249. The third-order valence-corrected chi connectivity index (χ3v) is 4.70. The van der Waals surface area contributed by atoms with Crippen molar-refractivity contribution >= 4 is 0 Å². The second kappa shape index (κ2) is 6.36. The van der Waals surface area contributed by atoms with Gasteiger partial charge in [0.25, 0.3) is 0 Å². The van der Waals surface area contributed by atoms with Crippen molar-refractivity contribution in [1.29, 1.82) is 0 Å². The molecule has 1 saturated carbocycles. The van der Waals surface area contributed by atoms with Crippen LogP contribution in [-0.4, -0.2) is 36.0 Å². The average molecular weight is 255 g/mol. The Morgan fingerprint density at radius 3 is 2.67 bits per heavy atom. The molecule has 0 amide bonds. The molecule has 1 aliphatic heterocycles. The number of aliphatic hydroxyl groups is 1. The van der Waals surface area contributed by atoms with Gasteiger partial charge in [-0.1, -0.05) is 26.7 Å². The highest BCUT2D eigenvalue weighted by molar-refractivity contribution is 4.94. The Hall–Kier alpha value is -0.120. The first-order valence-corrected chi connectivity index (χ1v) is 7.66. The molecule has 3 heteroatoms. The van der Waals surface area contributed by atoms with Crippen molar-refractivity contribution in [3.8, 4) is 0 Å². The Kier molecular flexibility index (Phi) is 5.05. The van der Waals surface area contributed by atoms with Gasteiger partial charge < -0.3 is 15.2 Å². The molecule has 0 aromatic rings. The number of rotatable bonds is 5. The van der Waals surface area contributed by atoms with E-state index in [0.29, 0.717) is 18.0 Å². The lowest BCUT2D eigenvalue weighted by Crippen LogP contribution is -2.50. The number of ether oxygens (including phenoxy) is 1. The van der Waals surface area contributed by atoms with Crippen molar-refractivity contribution < 1.29 is 9.84 Å². The number of nitrogens with one attached hydrogen (secondary N) is 1. The molecule has 0 aromatic carbocycles. The van der Waals surface area contributed by atoms with Crippen molar-refractivity contribution in [2.24, 2.45) is 5.92 Å². The Balaban J connectivity index is 1.88. The first-order valence-electron chi connectivity index (χ1n) is 7.66. The summed E-state index contributed by atoms with van der Waals surface area (Å²) in [7, 11) is 0. The molecule has 2 aliphatic rings. The van der Waals surface area contributed by atoms with Crippen LogP contribution in [0.2, 0.25) is 0 Å². The molecular formula is C15H29NO2. The molecule has 2 atom stereocenters. The first-order chi connectivity index (χ1) is 8.65. The van der Waals surface area contributed by atoms with Crippen LogP contribution in [0.15, 0.2) is 0 Å². The van der Waals surface area contributed by atoms with Gasteiger partial charge in [0.2, 0.25) is 0 Å². The smallest absolute Gasteiger partial charge is 0.0697 e. The molecule has 2 N–H and O–H groups in total. The molecule has 2 rings (SSSR count). The van der Waals surface area contributed by atoms with Crippen LogP contribution in [0.5, 0.6) is 0 Å². The fourth-order valence-electron chi connectivity index (χ4n) is 3.59. The Morgan fingerprint density at radius 1 is 1.33 bits per heavy atom. The minimum atomic E-state index is 0.191. The van der Waals surface area contributed by atoms with Crippen molar-refractivity contribution in [2.45, 2.75) is 76.5 Å². The van der Waals surface area contributed by atoms with Crippen molar-refractivity contribution in [2.75, 3.05) is 13.2 Å². The normalized spacial score (nSPS) is 29.0. The van der Waals surface area contributed by atoms with E-state index in [1.807, 2.05) is 0 Å². The van der Waals surface area contributed by atoms with Crippen LogP contribution in [-0.2, 0) is 4.74 Å². The maximum absolute atomic E-state index is 9.16. The van der Waals surface area contributed by atoms with Gasteiger partial charge in [0, 0.05) is 25.3 Å². The number of hydrogen-bond acceptors (Lipinski definition) is 3. The van der Waals surface area contributed by atoms with Gasteiger partial charge in [-0.05, 0) is 38.0 Å². The summed E-state index contributed by atoms with van der Waals surface area (Å²) in [6.07, 6.45) is 8.31. The largest absolute Gasteiger partial charge is 0.396 e. The predicted octanol–water partition coefficient (Wildman–Crippen LogP) is 2.47. The lowest BCUT2D eigenvalue weighted by molar-refractivity contribution is -0.0854. The van der Waals surface area contributed by atoms with Crippen LogP contribution >= 0.6 is 0 Å². The Morgan fingerprint density at radius 2 is 2.06 bits per heavy atom. The van der Waals surface area contributed by atoms with E-state index in [1.54, 1.807) is 0 Å². The second-order valence-corrected chi connectivity index (χ2v) is 6.46. The highest BCUT2D eigenvalue weighted by Gasteiger charge is 2.40. The van der Waals surface area contributed by atoms with E-state index >= 15 is 0 Å². The summed E-state index contributed by atoms with van der Waals surface area (Å²) in [6, 6.07) is 1.02. The minimum Gasteiger partial charge on any atom is -0.396 e. The molecule has 2 unspecified atom stereocenters. The van der Waals surface area contributed by atoms with E-state index in [4.69, 9.17) is 9.84 Å². The zero-order valence-electron chi connectivity index (χ0n) is 12.0. The fraction of sp³-hybridized carbons (Fsp3) is 1.00. The van der Waals surface area contributed by atoms with Gasteiger partial charge in [-0.3, -0.25) is 0 Å². The molecule has 0 radical (unpaired) electrons. The third kappa shape index (κ3) is 3.46. The summed E-state index contributed by atoms with van der Waals surface area (Å²) < 4.78 is 6.07. The quantitative estimate of drug-likeness (QED) is 0.793. The monoisotopic (exact) mass is 255 g/mol. The summed E-state index contributed by atoms with van der Waals surface area (Å²) in [5.74, 6) is 0.583. The van der Waals surface area contributed by atoms with Crippen molar-refractivity contribution in [3.63, 3.8) is 0 Å². The lowest BCUT2D eigenvalue weighted by Gasteiger charge is -2.40. The molecular weight excluding hydrogens is 226 g/mol. The van der Waals surface area contributed by atoms with Gasteiger partial charge in [0.1, 0.15) is 0 Å². The van der Waals surface area contributed by atoms with Crippen LogP contribution in [0.1, 0.15) is 58.8 Å². The predicted molar refractivity (Wildman–Crippen MR) is 73.6 cm³/mol. The standard InChI is InChI=1S/C15H29NO2/c1-12(2)14(5-9-17)16-13-6-10-18-15(11-13)7-3-4-8-15/h12-14,16-17H,3-11H2,1-2H3. The van der Waals surface area contributed by atoms with Crippen molar-refractivity contribution in [3.05, 3.63) is 0 Å². The molecule has 1 spiro atoms. The van der Waals surface area contributed by atoms with Crippen LogP contribution in [0, 0.1) is 5.92 Å². The molecule has 1 aliphatic carbocycles. The summed E-state index contributed by atoms with van der Waals surface area (Å²) in [5, 5.41) is 12.9. The van der Waals surface area contributed by atoms with Crippen LogP contribution < -0.4 is 5.32 Å². The zero-order chi connectivity index (χ0) is 13.0. The zero-order valence-corrected chi connectivity index (χ0v) is 12.0. The molecule has 1 heterocycles. The molecule has 1 saturated heterocycles. The van der Waals surface area contributed by atoms with E-state index in [-0.39, 0.29) is 12.2 Å². The highest BCUT2D eigenvalue weighted by atomic mass is 16.5. The van der Waals surface area contributed by atoms with Crippen LogP contribution in [0.3, 0.4) is 0 Å². The van der Waals surface area contributed by atoms with Gasteiger partial charge in [-0.15, -0.1) is 0 Å². The topological polar surface area (TPSA) is 41.5 Å². The SMILES string of the molecule is CC(C)C(CCO)NC1CCOC2(CCCC2)C1. The van der Waals surface area contributed by atoms with Gasteiger partial charge in [0.05, 0.1) is 5.60 Å². The van der Waals surface area contributed by atoms with E-state index in [9.17, 15) is 0 Å². The fourth-order valence-corrected chi connectivity index (χ4v) is 3.59. The van der Waals surface area contributed by atoms with Crippen LogP contribution in [0.4, 0.5) is 0 Å². The van der Waals surface area contributed by atoms with Gasteiger partial charge in [0.15, 0.2) is 0 Å². The molecule has 0 aromatic heterocycles. The average Bonchev–Trinajstić information content (AvgIpc) is 2.77. The van der Waals surface area contributed by atoms with Gasteiger partial charge in [-0.2, -0.15) is 0 Å². The lowest BCUT2D eigenvalue weighted by atomic mass is 9.87. The number of aliphatic hydroxyl groups excluding tert-OH is 1. The molecule has 0 bridgehead atoms. The maximum Gasteiger partial charge on any atom is 0.0697 e. The first kappa shape index (κ1) is 14.3. The summed E-state index contributed by atoms with van der Waals surface area (Å²) in [4.78, 5) is 0. The maximum atomic E-state index is 9.16. The van der Waals surface area contributed by atoms with Gasteiger partial charge >= 0.3 is 0 Å². The van der Waals surface area contributed by atoms with E-state index in [2.05, 4.69) is 19.2 Å². The summed E-state index contributed by atoms with van der Waals surface area (Å²) >= 11 is 0. The molecule has 106 valence electrons. The van der Waals surface area contributed by atoms with E-state index in [1.165, 1.54) is 32.1 Å². The van der Waals surface area contributed by atoms with E-state index in [0.717, 1.165) is 19.4 Å². The second-order valence-electron chi connectivity index (χ2n) is 6.46. The van der Waals surface area contributed by atoms with Gasteiger partial charge in [-0.25, -0.2) is 0 Å². The van der Waals surface area contributed by atoms with E-state index < -0.39 is 0 Å². The summed E-state index contributed by atoms with van der Waals surface area (Å²) in [6.45, 7) is 5.65. The summed E-state index contributed by atoms with van der Waals surface area (Å²) in [5.41, 5.74) is 0.191. The molecule has 18 heavy (non-hydrogen) atoms. The third-order valence-electron chi connectivity index (χ3n) is 4.70.